The first-order chi connectivity index (χ1) is 10.0. The molecule has 0 aliphatic heterocycles. The second kappa shape index (κ2) is 5.50. The molecular weight excluding hydrogens is 359 g/mol. The van der Waals surface area contributed by atoms with Crippen LogP contribution in [0.2, 0.25) is 5.02 Å². The number of aromatic nitrogens is 1. The third-order valence-electron chi connectivity index (χ3n) is 2.99. The Morgan fingerprint density at radius 3 is 2.48 bits per heavy atom. The van der Waals surface area contributed by atoms with Gasteiger partial charge in [-0.3, -0.25) is 0 Å². The number of nitrogen functional groups attached to an aromatic ring is 1. The molecule has 2 aromatic carbocycles. The average Bonchev–Trinajstić information content (AvgIpc) is 2.80. The van der Waals surface area contributed by atoms with Crippen molar-refractivity contribution in [3.05, 3.63) is 57.8 Å². The number of nitrogens with zero attached hydrogens (tertiary/aromatic N) is 1. The van der Waals surface area contributed by atoms with Crippen molar-refractivity contribution in [1.82, 2.24) is 5.16 Å². The monoisotopic (exact) mass is 366 g/mol. The molecule has 106 valence electrons. The second-order valence-electron chi connectivity index (χ2n) is 4.44. The number of halogens is 3. The van der Waals surface area contributed by atoms with Gasteiger partial charge in [0, 0.05) is 15.1 Å². The van der Waals surface area contributed by atoms with E-state index in [0.29, 0.717) is 16.3 Å². The lowest BCUT2D eigenvalue weighted by Crippen LogP contribution is -1.88. The molecule has 1 aromatic heterocycles. The third-order valence-corrected chi connectivity index (χ3v) is 3.66. The largest absolute Gasteiger partial charge is 0.367 e. The zero-order valence-electron chi connectivity index (χ0n) is 10.6. The van der Waals surface area contributed by atoms with Crippen molar-refractivity contribution in [3.8, 4) is 22.4 Å². The summed E-state index contributed by atoms with van der Waals surface area (Å²) in [6.45, 7) is 0. The highest BCUT2D eigenvalue weighted by atomic mass is 79.9. The number of rotatable bonds is 2. The summed E-state index contributed by atoms with van der Waals surface area (Å²) in [5, 5.41) is 4.55. The van der Waals surface area contributed by atoms with Crippen LogP contribution in [0.4, 0.5) is 10.3 Å². The predicted molar refractivity (Wildman–Crippen MR) is 84.5 cm³/mol. The molecule has 6 heteroatoms. The lowest BCUT2D eigenvalue weighted by molar-refractivity contribution is 0.439. The molecule has 0 aliphatic rings. The highest BCUT2D eigenvalue weighted by molar-refractivity contribution is 9.10. The van der Waals surface area contributed by atoms with Gasteiger partial charge in [-0.15, -0.1) is 0 Å². The zero-order chi connectivity index (χ0) is 15.0. The van der Waals surface area contributed by atoms with Crippen LogP contribution >= 0.6 is 27.5 Å². The van der Waals surface area contributed by atoms with Crippen molar-refractivity contribution in [3.63, 3.8) is 0 Å². The fraction of sp³-hybridized carbons (Fsp3) is 0. The van der Waals surface area contributed by atoms with Crippen LogP contribution in [0.5, 0.6) is 0 Å². The predicted octanol–water partition coefficient (Wildman–Crippen LogP) is 5.15. The van der Waals surface area contributed by atoms with Gasteiger partial charge in [0.25, 0.3) is 0 Å². The van der Waals surface area contributed by atoms with Crippen molar-refractivity contribution >= 4 is 33.4 Å². The van der Waals surface area contributed by atoms with Gasteiger partial charge in [0.2, 0.25) is 5.88 Å². The molecule has 0 aliphatic carbocycles. The fourth-order valence-corrected chi connectivity index (χ4v) is 2.95. The van der Waals surface area contributed by atoms with Crippen molar-refractivity contribution in [2.75, 3.05) is 5.73 Å². The van der Waals surface area contributed by atoms with E-state index in [1.807, 2.05) is 6.07 Å². The summed E-state index contributed by atoms with van der Waals surface area (Å²) in [6, 6.07) is 11.4. The molecule has 0 saturated carbocycles. The fourth-order valence-electron chi connectivity index (χ4n) is 2.09. The molecule has 0 radical (unpaired) electrons. The minimum absolute atomic E-state index is 0.174. The van der Waals surface area contributed by atoms with E-state index in [4.69, 9.17) is 21.9 Å². The summed E-state index contributed by atoms with van der Waals surface area (Å²) in [4.78, 5) is 0. The molecule has 2 N–H and O–H groups in total. The van der Waals surface area contributed by atoms with E-state index in [0.717, 1.165) is 15.6 Å². The van der Waals surface area contributed by atoms with Gasteiger partial charge in [0.15, 0.2) is 0 Å². The van der Waals surface area contributed by atoms with Gasteiger partial charge in [-0.2, -0.15) is 0 Å². The van der Waals surface area contributed by atoms with E-state index in [2.05, 4.69) is 21.1 Å². The minimum Gasteiger partial charge on any atom is -0.367 e. The van der Waals surface area contributed by atoms with Crippen molar-refractivity contribution in [2.24, 2.45) is 0 Å². The Labute approximate surface area is 133 Å². The standard InChI is InChI=1S/C15H9BrClFN2O/c16-10-5-9(6-11(17)7-10)14-13(15(19)21-20-14)8-1-3-12(18)4-2-8/h1-7H,19H2. The Balaban J connectivity index is 2.19. The van der Waals surface area contributed by atoms with Crippen LogP contribution in [-0.2, 0) is 0 Å². The maximum atomic E-state index is 13.1. The molecule has 3 rings (SSSR count). The van der Waals surface area contributed by atoms with Crippen LogP contribution in [0.25, 0.3) is 22.4 Å². The van der Waals surface area contributed by atoms with Gasteiger partial charge >= 0.3 is 0 Å². The first kappa shape index (κ1) is 14.1. The Morgan fingerprint density at radius 1 is 1.10 bits per heavy atom. The Morgan fingerprint density at radius 2 is 1.81 bits per heavy atom. The summed E-state index contributed by atoms with van der Waals surface area (Å²) in [6.07, 6.45) is 0. The number of benzene rings is 2. The summed E-state index contributed by atoms with van der Waals surface area (Å²) >= 11 is 9.44. The van der Waals surface area contributed by atoms with Crippen LogP contribution in [0.1, 0.15) is 0 Å². The lowest BCUT2D eigenvalue weighted by Gasteiger charge is -2.04. The van der Waals surface area contributed by atoms with Crippen molar-refractivity contribution in [2.45, 2.75) is 0 Å². The van der Waals surface area contributed by atoms with E-state index in [1.54, 1.807) is 24.3 Å². The minimum atomic E-state index is -0.319. The van der Waals surface area contributed by atoms with Gasteiger partial charge in [0.05, 0.1) is 5.56 Å². The van der Waals surface area contributed by atoms with Crippen LogP contribution in [-0.4, -0.2) is 5.16 Å². The summed E-state index contributed by atoms with van der Waals surface area (Å²) in [5.41, 5.74) is 8.51. The smallest absolute Gasteiger partial charge is 0.230 e. The molecule has 0 fully saturated rings. The third kappa shape index (κ3) is 2.80. The SMILES string of the molecule is Nc1onc(-c2cc(Cl)cc(Br)c2)c1-c1ccc(F)cc1. The number of nitrogens with two attached hydrogens (primary N) is 1. The molecule has 0 spiro atoms. The lowest BCUT2D eigenvalue weighted by atomic mass is 10.0. The van der Waals surface area contributed by atoms with Crippen molar-refractivity contribution in [1.29, 1.82) is 0 Å². The van der Waals surface area contributed by atoms with Gasteiger partial charge in [-0.05, 0) is 35.9 Å². The molecular formula is C15H9BrClFN2O. The quantitative estimate of drug-likeness (QED) is 0.682. The molecule has 0 unspecified atom stereocenters. The van der Waals surface area contributed by atoms with Gasteiger partial charge in [-0.25, -0.2) is 4.39 Å². The first-order valence-electron chi connectivity index (χ1n) is 6.02. The van der Waals surface area contributed by atoms with E-state index in [9.17, 15) is 4.39 Å². The molecule has 0 bridgehead atoms. The van der Waals surface area contributed by atoms with Gasteiger partial charge in [-0.1, -0.05) is 44.8 Å². The van der Waals surface area contributed by atoms with Gasteiger partial charge in [0.1, 0.15) is 11.5 Å². The first-order valence-corrected chi connectivity index (χ1v) is 7.19. The molecule has 3 nitrogen and oxygen atoms in total. The molecule has 0 amide bonds. The topological polar surface area (TPSA) is 52.0 Å². The maximum absolute atomic E-state index is 13.1. The molecule has 1 heterocycles. The Kier molecular flexibility index (Phi) is 3.69. The highest BCUT2D eigenvalue weighted by Crippen LogP contribution is 2.37. The Hall–Kier alpha value is -1.85. The van der Waals surface area contributed by atoms with Crippen LogP contribution < -0.4 is 5.73 Å². The molecule has 21 heavy (non-hydrogen) atoms. The molecule has 3 aromatic rings. The van der Waals surface area contributed by atoms with E-state index in [-0.39, 0.29) is 11.7 Å². The number of hydrogen-bond donors (Lipinski definition) is 1. The van der Waals surface area contributed by atoms with Crippen LogP contribution in [0.15, 0.2) is 51.5 Å². The summed E-state index contributed by atoms with van der Waals surface area (Å²) in [7, 11) is 0. The molecule has 0 atom stereocenters. The van der Waals surface area contributed by atoms with E-state index in [1.165, 1.54) is 12.1 Å². The highest BCUT2D eigenvalue weighted by Gasteiger charge is 2.18. The Bertz CT molecular complexity index is 782. The average molecular weight is 368 g/mol. The van der Waals surface area contributed by atoms with Crippen LogP contribution in [0, 0.1) is 5.82 Å². The number of anilines is 1. The summed E-state index contributed by atoms with van der Waals surface area (Å²) in [5.74, 6) is -0.145. The summed E-state index contributed by atoms with van der Waals surface area (Å²) < 4.78 is 19.0. The normalized spacial score (nSPS) is 10.8. The maximum Gasteiger partial charge on any atom is 0.230 e. The van der Waals surface area contributed by atoms with E-state index >= 15 is 0 Å². The number of hydrogen-bond acceptors (Lipinski definition) is 3. The van der Waals surface area contributed by atoms with Crippen LogP contribution in [0.3, 0.4) is 0 Å². The van der Waals surface area contributed by atoms with Gasteiger partial charge < -0.3 is 10.3 Å². The second-order valence-corrected chi connectivity index (χ2v) is 5.79. The van der Waals surface area contributed by atoms with Crippen molar-refractivity contribution < 1.29 is 8.91 Å². The zero-order valence-corrected chi connectivity index (χ0v) is 13.0. The van der Waals surface area contributed by atoms with E-state index < -0.39 is 0 Å². The molecule has 0 saturated heterocycles.